The Morgan fingerprint density at radius 3 is 2.40 bits per heavy atom. The van der Waals surface area contributed by atoms with Crippen molar-refractivity contribution in [2.75, 3.05) is 0 Å². The molecule has 0 aliphatic rings. The summed E-state index contributed by atoms with van der Waals surface area (Å²) in [6, 6.07) is 13.5. The number of carbonyl (C=O) groups excluding carboxylic acids is 1. The van der Waals surface area contributed by atoms with Crippen molar-refractivity contribution < 1.29 is 9.72 Å². The maximum atomic E-state index is 12.0. The third-order valence-electron chi connectivity index (χ3n) is 2.88. The van der Waals surface area contributed by atoms with Gasteiger partial charge in [0.15, 0.2) is 5.78 Å². The molecule has 2 aromatic carbocycles. The van der Waals surface area contributed by atoms with Crippen LogP contribution in [0.4, 0.5) is 5.69 Å². The SMILES string of the molecule is Cc1ccc(C(=O)/C=C/c2ccccc2[N+](=O)[O-])cc1. The molecule has 0 heterocycles. The average molecular weight is 267 g/mol. The summed E-state index contributed by atoms with van der Waals surface area (Å²) in [6.07, 6.45) is 2.83. The molecule has 0 aliphatic heterocycles. The first-order valence-electron chi connectivity index (χ1n) is 6.10. The molecule has 4 nitrogen and oxygen atoms in total. The van der Waals surface area contributed by atoms with Crippen molar-refractivity contribution in [1.82, 2.24) is 0 Å². The van der Waals surface area contributed by atoms with Gasteiger partial charge in [0.05, 0.1) is 10.5 Å². The first-order valence-corrected chi connectivity index (χ1v) is 6.10. The van der Waals surface area contributed by atoms with E-state index < -0.39 is 4.92 Å². The first kappa shape index (κ1) is 13.7. The summed E-state index contributed by atoms with van der Waals surface area (Å²) in [6.45, 7) is 1.94. The van der Waals surface area contributed by atoms with E-state index in [2.05, 4.69) is 0 Å². The number of para-hydroxylation sites is 1. The number of aryl methyl sites for hydroxylation is 1. The molecule has 0 saturated heterocycles. The van der Waals surface area contributed by atoms with Crippen molar-refractivity contribution in [2.45, 2.75) is 6.92 Å². The standard InChI is InChI=1S/C16H13NO3/c1-12-6-8-14(9-7-12)16(18)11-10-13-4-2-3-5-15(13)17(19)20/h2-11H,1H3/b11-10+. The molecule has 0 fully saturated rings. The van der Waals surface area contributed by atoms with Crippen molar-refractivity contribution in [2.24, 2.45) is 0 Å². The zero-order valence-corrected chi connectivity index (χ0v) is 10.9. The van der Waals surface area contributed by atoms with Crippen LogP contribution in [0.2, 0.25) is 0 Å². The van der Waals surface area contributed by atoms with Gasteiger partial charge in [-0.2, -0.15) is 0 Å². The Morgan fingerprint density at radius 2 is 1.75 bits per heavy atom. The van der Waals surface area contributed by atoms with Gasteiger partial charge in [0.2, 0.25) is 0 Å². The maximum Gasteiger partial charge on any atom is 0.276 e. The zero-order valence-electron chi connectivity index (χ0n) is 10.9. The van der Waals surface area contributed by atoms with Crippen LogP contribution in [0.25, 0.3) is 6.08 Å². The summed E-state index contributed by atoms with van der Waals surface area (Å²) < 4.78 is 0. The molecule has 20 heavy (non-hydrogen) atoms. The van der Waals surface area contributed by atoms with Gasteiger partial charge in [-0.15, -0.1) is 0 Å². The third kappa shape index (κ3) is 3.17. The van der Waals surface area contributed by atoms with Gasteiger partial charge in [-0.25, -0.2) is 0 Å². The van der Waals surface area contributed by atoms with Gasteiger partial charge >= 0.3 is 0 Å². The van der Waals surface area contributed by atoms with Crippen LogP contribution < -0.4 is 0 Å². The molecule has 0 radical (unpaired) electrons. The Hall–Kier alpha value is -2.75. The van der Waals surface area contributed by atoms with E-state index in [1.807, 2.05) is 19.1 Å². The Kier molecular flexibility index (Phi) is 4.05. The van der Waals surface area contributed by atoms with Gasteiger partial charge in [-0.05, 0) is 25.1 Å². The summed E-state index contributed by atoms with van der Waals surface area (Å²) in [5.41, 5.74) is 2.04. The van der Waals surface area contributed by atoms with E-state index in [1.165, 1.54) is 18.2 Å². The quantitative estimate of drug-likeness (QED) is 0.366. The van der Waals surface area contributed by atoms with E-state index in [0.717, 1.165) is 5.56 Å². The second kappa shape index (κ2) is 5.93. The summed E-state index contributed by atoms with van der Waals surface area (Å²) >= 11 is 0. The highest BCUT2D eigenvalue weighted by Crippen LogP contribution is 2.19. The predicted octanol–water partition coefficient (Wildman–Crippen LogP) is 3.80. The minimum atomic E-state index is -0.462. The number of allylic oxidation sites excluding steroid dienone is 1. The Bertz CT molecular complexity index is 672. The molecule has 2 rings (SSSR count). The van der Waals surface area contributed by atoms with Gasteiger partial charge in [-0.3, -0.25) is 14.9 Å². The van der Waals surface area contributed by atoms with Crippen molar-refractivity contribution in [3.05, 3.63) is 81.4 Å². The molecule has 0 unspecified atom stereocenters. The number of ketones is 1. The van der Waals surface area contributed by atoms with E-state index in [9.17, 15) is 14.9 Å². The van der Waals surface area contributed by atoms with Crippen molar-refractivity contribution >= 4 is 17.5 Å². The molecule has 100 valence electrons. The predicted molar refractivity (Wildman–Crippen MR) is 77.6 cm³/mol. The highest BCUT2D eigenvalue weighted by atomic mass is 16.6. The lowest BCUT2D eigenvalue weighted by molar-refractivity contribution is -0.385. The van der Waals surface area contributed by atoms with Gasteiger partial charge in [0, 0.05) is 11.6 Å². The second-order valence-electron chi connectivity index (χ2n) is 4.38. The number of nitro benzene ring substituents is 1. The summed E-state index contributed by atoms with van der Waals surface area (Å²) in [5.74, 6) is -0.178. The molecule has 0 atom stereocenters. The van der Waals surface area contributed by atoms with E-state index in [1.54, 1.807) is 30.3 Å². The van der Waals surface area contributed by atoms with E-state index in [4.69, 9.17) is 0 Å². The van der Waals surface area contributed by atoms with Gasteiger partial charge < -0.3 is 0 Å². The van der Waals surface area contributed by atoms with Crippen molar-refractivity contribution in [3.63, 3.8) is 0 Å². The van der Waals surface area contributed by atoms with Gasteiger partial charge in [0.25, 0.3) is 5.69 Å². The van der Waals surface area contributed by atoms with Crippen LogP contribution in [0.1, 0.15) is 21.5 Å². The van der Waals surface area contributed by atoms with Gasteiger partial charge in [0.1, 0.15) is 0 Å². The lowest BCUT2D eigenvalue weighted by Crippen LogP contribution is -1.95. The van der Waals surface area contributed by atoms with E-state index in [-0.39, 0.29) is 11.5 Å². The van der Waals surface area contributed by atoms with Crippen LogP contribution in [0.5, 0.6) is 0 Å². The van der Waals surface area contributed by atoms with Crippen LogP contribution >= 0.6 is 0 Å². The lowest BCUT2D eigenvalue weighted by Gasteiger charge is -1.98. The fourth-order valence-electron chi connectivity index (χ4n) is 1.77. The number of hydrogen-bond donors (Lipinski definition) is 0. The molecule has 0 saturated carbocycles. The second-order valence-corrected chi connectivity index (χ2v) is 4.38. The third-order valence-corrected chi connectivity index (χ3v) is 2.88. The fourth-order valence-corrected chi connectivity index (χ4v) is 1.77. The molecular weight excluding hydrogens is 254 g/mol. The maximum absolute atomic E-state index is 12.0. The summed E-state index contributed by atoms with van der Waals surface area (Å²) in [4.78, 5) is 22.4. The smallest absolute Gasteiger partial charge is 0.276 e. The summed E-state index contributed by atoms with van der Waals surface area (Å²) in [5, 5.41) is 10.9. The highest BCUT2D eigenvalue weighted by molar-refractivity contribution is 6.07. The number of rotatable bonds is 4. The number of nitro groups is 1. The van der Waals surface area contributed by atoms with Crippen molar-refractivity contribution in [3.8, 4) is 0 Å². The normalized spacial score (nSPS) is 10.7. The molecule has 0 spiro atoms. The minimum absolute atomic E-state index is 0.0135. The van der Waals surface area contributed by atoms with Gasteiger partial charge in [-0.1, -0.05) is 42.0 Å². The zero-order chi connectivity index (χ0) is 14.5. The number of benzene rings is 2. The summed E-state index contributed by atoms with van der Waals surface area (Å²) in [7, 11) is 0. The van der Waals surface area contributed by atoms with Crippen LogP contribution in [0, 0.1) is 17.0 Å². The van der Waals surface area contributed by atoms with Crippen LogP contribution in [-0.4, -0.2) is 10.7 Å². The van der Waals surface area contributed by atoms with Crippen molar-refractivity contribution in [1.29, 1.82) is 0 Å². The average Bonchev–Trinajstić information content (AvgIpc) is 2.45. The molecule has 0 N–H and O–H groups in total. The Morgan fingerprint density at radius 1 is 1.10 bits per heavy atom. The number of nitrogens with zero attached hydrogens (tertiary/aromatic N) is 1. The van der Waals surface area contributed by atoms with E-state index in [0.29, 0.717) is 11.1 Å². The van der Waals surface area contributed by atoms with Crippen LogP contribution in [0.3, 0.4) is 0 Å². The minimum Gasteiger partial charge on any atom is -0.289 e. The number of carbonyl (C=O) groups is 1. The first-order chi connectivity index (χ1) is 9.58. The molecular formula is C16H13NO3. The topological polar surface area (TPSA) is 60.2 Å². The van der Waals surface area contributed by atoms with E-state index >= 15 is 0 Å². The monoisotopic (exact) mass is 267 g/mol. The van der Waals surface area contributed by atoms with Crippen LogP contribution in [0.15, 0.2) is 54.6 Å². The Balaban J connectivity index is 2.23. The molecule has 0 aromatic heterocycles. The molecule has 2 aromatic rings. The van der Waals surface area contributed by atoms with Crippen LogP contribution in [-0.2, 0) is 0 Å². The Labute approximate surface area is 116 Å². The lowest BCUT2D eigenvalue weighted by atomic mass is 10.1. The number of hydrogen-bond acceptors (Lipinski definition) is 3. The highest BCUT2D eigenvalue weighted by Gasteiger charge is 2.10. The molecule has 0 bridgehead atoms. The fraction of sp³-hybridized carbons (Fsp3) is 0.0625. The molecule has 0 amide bonds. The molecule has 4 heteroatoms. The largest absolute Gasteiger partial charge is 0.289 e. The molecule has 0 aliphatic carbocycles.